The Balaban J connectivity index is 1.81. The minimum Gasteiger partial charge on any atom is -0.357 e. The number of alkyl halides is 3. The van der Waals surface area contributed by atoms with Gasteiger partial charge >= 0.3 is 6.18 Å². The van der Waals surface area contributed by atoms with Crippen LogP contribution in [0.1, 0.15) is 44.3 Å². The molecule has 0 atom stereocenters. The second-order valence-corrected chi connectivity index (χ2v) is 8.19. The van der Waals surface area contributed by atoms with Crippen LogP contribution in [0.3, 0.4) is 0 Å². The van der Waals surface area contributed by atoms with Crippen LogP contribution in [-0.4, -0.2) is 54.6 Å². The lowest BCUT2D eigenvalue weighted by atomic mass is 10.0. The third-order valence-electron chi connectivity index (χ3n) is 4.33. The standard InChI is InChI=1S/C18H30F3N5S/c1-4-22-17(24-14-6-9-26(10-7-14)11-13(2)3)23-8-5-16-25-15(12-27-16)18(19,20)21/h12-14H,4-11H2,1-3H3,(H2,22,23,24). The maximum Gasteiger partial charge on any atom is 0.434 e. The van der Waals surface area contributed by atoms with Crippen LogP contribution in [0.2, 0.25) is 0 Å². The third kappa shape index (κ3) is 7.65. The van der Waals surface area contributed by atoms with E-state index in [4.69, 9.17) is 0 Å². The van der Waals surface area contributed by atoms with Crippen molar-refractivity contribution in [3.8, 4) is 0 Å². The van der Waals surface area contributed by atoms with Gasteiger partial charge in [0, 0.05) is 50.6 Å². The normalized spacial score (nSPS) is 17.5. The van der Waals surface area contributed by atoms with Crippen LogP contribution in [0.5, 0.6) is 0 Å². The van der Waals surface area contributed by atoms with Gasteiger partial charge in [0.25, 0.3) is 0 Å². The maximum atomic E-state index is 12.6. The van der Waals surface area contributed by atoms with Gasteiger partial charge in [0.05, 0.1) is 5.01 Å². The summed E-state index contributed by atoms with van der Waals surface area (Å²) in [6.45, 7) is 10.9. The van der Waals surface area contributed by atoms with Crippen LogP contribution in [0.15, 0.2) is 10.4 Å². The average molecular weight is 406 g/mol. The maximum absolute atomic E-state index is 12.6. The summed E-state index contributed by atoms with van der Waals surface area (Å²) in [7, 11) is 0. The van der Waals surface area contributed by atoms with Crippen LogP contribution < -0.4 is 10.6 Å². The fourth-order valence-electron chi connectivity index (χ4n) is 3.11. The number of guanidine groups is 1. The Morgan fingerprint density at radius 3 is 2.63 bits per heavy atom. The summed E-state index contributed by atoms with van der Waals surface area (Å²) in [5.74, 6) is 1.41. The molecule has 0 aromatic carbocycles. The molecule has 0 amide bonds. The minimum absolute atomic E-state index is 0.378. The zero-order valence-electron chi connectivity index (χ0n) is 16.3. The molecule has 1 saturated heterocycles. The molecule has 0 unspecified atom stereocenters. The van der Waals surface area contributed by atoms with Crippen molar-refractivity contribution in [2.24, 2.45) is 10.9 Å². The SMILES string of the molecule is CCNC(=NCCc1nc(C(F)(F)F)cs1)NC1CCN(CC(C)C)CC1. The Kier molecular flexibility index (Phi) is 8.34. The van der Waals surface area contributed by atoms with E-state index in [0.717, 1.165) is 61.7 Å². The van der Waals surface area contributed by atoms with Gasteiger partial charge in [-0.2, -0.15) is 13.2 Å². The van der Waals surface area contributed by atoms with Gasteiger partial charge in [-0.3, -0.25) is 4.99 Å². The van der Waals surface area contributed by atoms with Crippen molar-refractivity contribution >= 4 is 17.3 Å². The molecule has 0 bridgehead atoms. The lowest BCUT2D eigenvalue weighted by Crippen LogP contribution is -2.49. The highest BCUT2D eigenvalue weighted by molar-refractivity contribution is 7.09. The van der Waals surface area contributed by atoms with Crippen molar-refractivity contribution in [1.82, 2.24) is 20.5 Å². The van der Waals surface area contributed by atoms with Gasteiger partial charge < -0.3 is 15.5 Å². The smallest absolute Gasteiger partial charge is 0.357 e. The summed E-state index contributed by atoms with van der Waals surface area (Å²) in [5.41, 5.74) is -0.815. The number of aliphatic imine (C=N–C) groups is 1. The Morgan fingerprint density at radius 2 is 2.07 bits per heavy atom. The van der Waals surface area contributed by atoms with Gasteiger partial charge in [-0.05, 0) is 25.7 Å². The van der Waals surface area contributed by atoms with E-state index in [1.807, 2.05) is 6.92 Å². The number of nitrogens with one attached hydrogen (secondary N) is 2. The van der Waals surface area contributed by atoms with E-state index in [9.17, 15) is 13.2 Å². The lowest BCUT2D eigenvalue weighted by Gasteiger charge is -2.34. The largest absolute Gasteiger partial charge is 0.434 e. The Hall–Kier alpha value is -1.35. The third-order valence-corrected chi connectivity index (χ3v) is 5.24. The summed E-state index contributed by atoms with van der Waals surface area (Å²) in [4.78, 5) is 10.7. The van der Waals surface area contributed by atoms with Crippen LogP contribution in [0, 0.1) is 5.92 Å². The highest BCUT2D eigenvalue weighted by Crippen LogP contribution is 2.30. The van der Waals surface area contributed by atoms with E-state index >= 15 is 0 Å². The van der Waals surface area contributed by atoms with Gasteiger partial charge in [-0.1, -0.05) is 13.8 Å². The predicted octanol–water partition coefficient (Wildman–Crippen LogP) is 3.38. The molecule has 5 nitrogen and oxygen atoms in total. The second-order valence-electron chi connectivity index (χ2n) is 7.25. The van der Waals surface area contributed by atoms with Gasteiger partial charge in [-0.15, -0.1) is 11.3 Å². The number of hydrogen-bond donors (Lipinski definition) is 2. The average Bonchev–Trinajstić information content (AvgIpc) is 3.05. The summed E-state index contributed by atoms with van der Waals surface area (Å²) in [6, 6.07) is 0.378. The zero-order chi connectivity index (χ0) is 19.9. The number of halogens is 3. The molecule has 2 N–H and O–H groups in total. The van der Waals surface area contributed by atoms with Crippen molar-refractivity contribution in [3.63, 3.8) is 0 Å². The molecule has 0 aliphatic carbocycles. The van der Waals surface area contributed by atoms with E-state index in [-0.39, 0.29) is 0 Å². The highest BCUT2D eigenvalue weighted by atomic mass is 32.1. The first kappa shape index (κ1) is 21.9. The monoisotopic (exact) mass is 405 g/mol. The molecular weight excluding hydrogens is 375 g/mol. The fourth-order valence-corrected chi connectivity index (χ4v) is 3.90. The molecule has 1 fully saturated rings. The van der Waals surface area contributed by atoms with Crippen molar-refractivity contribution in [2.75, 3.05) is 32.7 Å². The molecule has 27 heavy (non-hydrogen) atoms. The summed E-state index contributed by atoms with van der Waals surface area (Å²) in [6.07, 6.45) is -1.83. The Labute approximate surface area is 163 Å². The van der Waals surface area contributed by atoms with Gasteiger partial charge in [0.15, 0.2) is 11.7 Å². The van der Waals surface area contributed by atoms with Gasteiger partial charge in [0.2, 0.25) is 0 Å². The molecule has 2 heterocycles. The van der Waals surface area contributed by atoms with E-state index < -0.39 is 11.9 Å². The first-order chi connectivity index (χ1) is 12.8. The quantitative estimate of drug-likeness (QED) is 0.539. The molecule has 0 radical (unpaired) electrons. The summed E-state index contributed by atoms with van der Waals surface area (Å²) >= 11 is 1.04. The molecule has 1 aromatic rings. The Morgan fingerprint density at radius 1 is 1.37 bits per heavy atom. The van der Waals surface area contributed by atoms with E-state index in [2.05, 4.69) is 39.4 Å². The first-order valence-corrected chi connectivity index (χ1v) is 10.4. The number of piperidine rings is 1. The predicted molar refractivity (Wildman–Crippen MR) is 104 cm³/mol. The van der Waals surface area contributed by atoms with Crippen molar-refractivity contribution in [2.45, 2.75) is 52.3 Å². The molecule has 1 aliphatic rings. The number of nitrogens with zero attached hydrogens (tertiary/aromatic N) is 3. The minimum atomic E-state index is -4.38. The van der Waals surface area contributed by atoms with Gasteiger partial charge in [0.1, 0.15) is 0 Å². The lowest BCUT2D eigenvalue weighted by molar-refractivity contribution is -0.140. The number of aromatic nitrogens is 1. The van der Waals surface area contributed by atoms with Crippen molar-refractivity contribution in [3.05, 3.63) is 16.1 Å². The molecular formula is C18H30F3N5S. The topological polar surface area (TPSA) is 52.6 Å². The van der Waals surface area contributed by atoms with Crippen LogP contribution in [-0.2, 0) is 12.6 Å². The van der Waals surface area contributed by atoms with Crippen LogP contribution in [0.25, 0.3) is 0 Å². The van der Waals surface area contributed by atoms with E-state index in [1.165, 1.54) is 0 Å². The van der Waals surface area contributed by atoms with Gasteiger partial charge in [-0.25, -0.2) is 4.98 Å². The molecule has 1 aliphatic heterocycles. The van der Waals surface area contributed by atoms with Crippen molar-refractivity contribution < 1.29 is 13.2 Å². The molecule has 0 saturated carbocycles. The molecule has 1 aromatic heterocycles. The molecule has 0 spiro atoms. The number of likely N-dealkylation sites (tertiary alicyclic amines) is 1. The molecule has 9 heteroatoms. The first-order valence-electron chi connectivity index (χ1n) is 9.56. The summed E-state index contributed by atoms with van der Waals surface area (Å²) < 4.78 is 37.8. The van der Waals surface area contributed by atoms with Crippen molar-refractivity contribution in [1.29, 1.82) is 0 Å². The zero-order valence-corrected chi connectivity index (χ0v) is 17.1. The molecule has 2 rings (SSSR count). The van der Waals surface area contributed by atoms with E-state index in [0.29, 0.717) is 29.9 Å². The summed E-state index contributed by atoms with van der Waals surface area (Å²) in [5, 5.41) is 8.20. The Bertz CT molecular complexity index is 592. The highest BCUT2D eigenvalue weighted by Gasteiger charge is 2.33. The number of rotatable bonds is 7. The number of thiazole rings is 1. The van der Waals surface area contributed by atoms with Crippen LogP contribution >= 0.6 is 11.3 Å². The number of hydrogen-bond acceptors (Lipinski definition) is 4. The van der Waals surface area contributed by atoms with E-state index in [1.54, 1.807) is 0 Å². The van der Waals surface area contributed by atoms with Crippen LogP contribution in [0.4, 0.5) is 13.2 Å². The second kappa shape index (κ2) is 10.3. The fraction of sp³-hybridized carbons (Fsp3) is 0.778. The molecule has 154 valence electrons.